The van der Waals surface area contributed by atoms with Crippen LogP contribution in [0, 0.1) is 17.0 Å². The van der Waals surface area contributed by atoms with E-state index < -0.39 is 0 Å². The van der Waals surface area contributed by atoms with Gasteiger partial charge in [-0.3, -0.25) is 10.1 Å². The van der Waals surface area contributed by atoms with Crippen molar-refractivity contribution in [3.63, 3.8) is 0 Å². The largest absolute Gasteiger partial charge is 0.326 e. The molecule has 0 saturated carbocycles. The lowest BCUT2D eigenvalue weighted by atomic mass is 10.1. The van der Waals surface area contributed by atoms with Gasteiger partial charge in [-0.05, 0) is 30.2 Å². The summed E-state index contributed by atoms with van der Waals surface area (Å²) in [6.07, 6.45) is 0. The van der Waals surface area contributed by atoms with Crippen LogP contribution in [0.25, 0.3) is 0 Å². The smallest absolute Gasteiger partial charge is 0.272 e. The van der Waals surface area contributed by atoms with Crippen LogP contribution in [0.3, 0.4) is 0 Å². The van der Waals surface area contributed by atoms with Gasteiger partial charge in [0, 0.05) is 28.8 Å². The third-order valence-corrected chi connectivity index (χ3v) is 4.23. The Hall–Kier alpha value is -1.85. The Bertz CT molecular complexity index is 612. The zero-order valence-electron chi connectivity index (χ0n) is 11.2. The van der Waals surface area contributed by atoms with Crippen LogP contribution in [0.2, 0.25) is 0 Å². The number of hydrogen-bond acceptors (Lipinski definition) is 4. The Morgan fingerprint density at radius 2 is 1.90 bits per heavy atom. The van der Waals surface area contributed by atoms with Gasteiger partial charge in [-0.2, -0.15) is 0 Å². The monoisotopic (exact) mass is 288 g/mol. The summed E-state index contributed by atoms with van der Waals surface area (Å²) in [5.74, 6) is 0.718. The molecule has 2 rings (SSSR count). The summed E-state index contributed by atoms with van der Waals surface area (Å²) in [5.41, 5.74) is 8.57. The summed E-state index contributed by atoms with van der Waals surface area (Å²) < 4.78 is 0. The van der Waals surface area contributed by atoms with Gasteiger partial charge >= 0.3 is 0 Å². The third-order valence-electron chi connectivity index (χ3n) is 3.17. The molecule has 0 amide bonds. The second-order valence-electron chi connectivity index (χ2n) is 4.46. The molecule has 104 valence electrons. The Morgan fingerprint density at radius 3 is 2.50 bits per heavy atom. The summed E-state index contributed by atoms with van der Waals surface area (Å²) in [6.45, 7) is 2.33. The lowest BCUT2D eigenvalue weighted by molar-refractivity contribution is -0.385. The molecule has 2 aromatic carbocycles. The highest BCUT2D eigenvalue weighted by molar-refractivity contribution is 7.98. The molecule has 5 heteroatoms. The lowest BCUT2D eigenvalue weighted by Gasteiger charge is -2.06. The molecule has 0 radical (unpaired) electrons. The predicted molar refractivity (Wildman–Crippen MR) is 81.7 cm³/mol. The van der Waals surface area contributed by atoms with E-state index in [0.717, 1.165) is 27.3 Å². The molecule has 20 heavy (non-hydrogen) atoms. The van der Waals surface area contributed by atoms with Gasteiger partial charge in [-0.1, -0.05) is 24.3 Å². The fraction of sp³-hybridized carbons (Fsp3) is 0.200. The van der Waals surface area contributed by atoms with E-state index in [9.17, 15) is 10.1 Å². The summed E-state index contributed by atoms with van der Waals surface area (Å²) in [6, 6.07) is 13.3. The molecule has 0 atom stereocenters. The average molecular weight is 288 g/mol. The quantitative estimate of drug-likeness (QED) is 0.518. The molecule has 0 unspecified atom stereocenters. The second-order valence-corrected chi connectivity index (χ2v) is 5.50. The molecule has 4 nitrogen and oxygen atoms in total. The van der Waals surface area contributed by atoms with Crippen molar-refractivity contribution in [2.24, 2.45) is 5.73 Å². The summed E-state index contributed by atoms with van der Waals surface area (Å²) in [4.78, 5) is 11.7. The van der Waals surface area contributed by atoms with E-state index in [0.29, 0.717) is 6.54 Å². The predicted octanol–water partition coefficient (Wildman–Crippen LogP) is 3.65. The van der Waals surface area contributed by atoms with E-state index in [-0.39, 0.29) is 10.6 Å². The molecule has 0 spiro atoms. The molecule has 0 aliphatic carbocycles. The van der Waals surface area contributed by atoms with Crippen LogP contribution in [0.1, 0.15) is 16.7 Å². The first-order valence-electron chi connectivity index (χ1n) is 6.26. The topological polar surface area (TPSA) is 69.2 Å². The van der Waals surface area contributed by atoms with Crippen molar-refractivity contribution in [3.8, 4) is 0 Å². The van der Waals surface area contributed by atoms with E-state index in [2.05, 4.69) is 0 Å². The summed E-state index contributed by atoms with van der Waals surface area (Å²) >= 11 is 1.66. The zero-order chi connectivity index (χ0) is 14.5. The average Bonchev–Trinajstić information content (AvgIpc) is 2.46. The lowest BCUT2D eigenvalue weighted by Crippen LogP contribution is -1.96. The van der Waals surface area contributed by atoms with E-state index in [1.165, 1.54) is 0 Å². The van der Waals surface area contributed by atoms with Gasteiger partial charge in [-0.25, -0.2) is 0 Å². The third kappa shape index (κ3) is 3.37. The van der Waals surface area contributed by atoms with Crippen LogP contribution in [0.15, 0.2) is 47.4 Å². The summed E-state index contributed by atoms with van der Waals surface area (Å²) in [5, 5.41) is 10.9. The highest BCUT2D eigenvalue weighted by atomic mass is 32.2. The van der Waals surface area contributed by atoms with Crippen molar-refractivity contribution >= 4 is 17.4 Å². The highest BCUT2D eigenvalue weighted by Gasteiger charge is 2.12. The molecule has 2 N–H and O–H groups in total. The van der Waals surface area contributed by atoms with E-state index >= 15 is 0 Å². The number of nitro benzene ring substituents is 1. The van der Waals surface area contributed by atoms with Gasteiger partial charge in [0.15, 0.2) is 0 Å². The first-order valence-corrected chi connectivity index (χ1v) is 7.25. The van der Waals surface area contributed by atoms with Gasteiger partial charge in [-0.15, -0.1) is 11.8 Å². The van der Waals surface area contributed by atoms with Crippen LogP contribution in [0.5, 0.6) is 0 Å². The van der Waals surface area contributed by atoms with Crippen molar-refractivity contribution in [1.82, 2.24) is 0 Å². The van der Waals surface area contributed by atoms with Crippen molar-refractivity contribution in [1.29, 1.82) is 0 Å². The highest BCUT2D eigenvalue weighted by Crippen LogP contribution is 2.28. The van der Waals surface area contributed by atoms with E-state index in [1.54, 1.807) is 30.8 Å². The Morgan fingerprint density at radius 1 is 1.20 bits per heavy atom. The Kier molecular flexibility index (Phi) is 4.76. The van der Waals surface area contributed by atoms with E-state index in [4.69, 9.17) is 5.73 Å². The minimum absolute atomic E-state index is 0.182. The molecular formula is C15H16N2O2S. The normalized spacial score (nSPS) is 10.5. The van der Waals surface area contributed by atoms with Gasteiger partial charge in [0.2, 0.25) is 0 Å². The SMILES string of the molecule is Cc1c(CSc2ccc(CN)cc2)cccc1[N+](=O)[O-]. The van der Waals surface area contributed by atoms with Gasteiger partial charge in [0.05, 0.1) is 4.92 Å². The molecule has 0 bridgehead atoms. The molecule has 2 aromatic rings. The maximum absolute atomic E-state index is 10.9. The molecule has 0 aromatic heterocycles. The van der Waals surface area contributed by atoms with Crippen molar-refractivity contribution in [2.45, 2.75) is 24.1 Å². The van der Waals surface area contributed by atoms with Gasteiger partial charge < -0.3 is 5.73 Å². The summed E-state index contributed by atoms with van der Waals surface area (Å²) in [7, 11) is 0. The van der Waals surface area contributed by atoms with Crippen molar-refractivity contribution in [2.75, 3.05) is 0 Å². The Labute approximate surface area is 122 Å². The van der Waals surface area contributed by atoms with E-state index in [1.807, 2.05) is 30.3 Å². The minimum atomic E-state index is -0.334. The molecular weight excluding hydrogens is 272 g/mol. The molecule has 0 aliphatic rings. The number of benzene rings is 2. The number of rotatable bonds is 5. The molecule has 0 heterocycles. The maximum Gasteiger partial charge on any atom is 0.272 e. The Balaban J connectivity index is 2.10. The standard InChI is InChI=1S/C15H16N2O2S/c1-11-13(3-2-4-15(11)17(18)19)10-20-14-7-5-12(9-16)6-8-14/h2-8H,9-10,16H2,1H3. The number of thioether (sulfide) groups is 1. The van der Waals surface area contributed by atoms with Crippen molar-refractivity contribution < 1.29 is 4.92 Å². The van der Waals surface area contributed by atoms with Gasteiger partial charge in [0.1, 0.15) is 0 Å². The van der Waals surface area contributed by atoms with Crippen LogP contribution >= 0.6 is 11.8 Å². The van der Waals surface area contributed by atoms with Crippen molar-refractivity contribution in [3.05, 3.63) is 69.3 Å². The minimum Gasteiger partial charge on any atom is -0.326 e. The molecule has 0 fully saturated rings. The van der Waals surface area contributed by atoms with Crippen LogP contribution in [-0.2, 0) is 12.3 Å². The van der Waals surface area contributed by atoms with Crippen LogP contribution in [-0.4, -0.2) is 4.92 Å². The van der Waals surface area contributed by atoms with Crippen LogP contribution < -0.4 is 5.73 Å². The fourth-order valence-electron chi connectivity index (χ4n) is 1.91. The van der Waals surface area contributed by atoms with Gasteiger partial charge in [0.25, 0.3) is 5.69 Å². The number of nitrogens with two attached hydrogens (primary N) is 1. The molecule has 0 aliphatic heterocycles. The number of hydrogen-bond donors (Lipinski definition) is 1. The molecule has 0 saturated heterocycles. The fourth-order valence-corrected chi connectivity index (χ4v) is 2.87. The first kappa shape index (κ1) is 14.6. The van der Waals surface area contributed by atoms with Crippen LogP contribution in [0.4, 0.5) is 5.69 Å². The first-order chi connectivity index (χ1) is 9.61. The number of nitrogens with zero attached hydrogens (tertiary/aromatic N) is 1. The second kappa shape index (κ2) is 6.54. The number of nitro groups is 1. The maximum atomic E-state index is 10.9. The zero-order valence-corrected chi connectivity index (χ0v) is 12.0.